The van der Waals surface area contributed by atoms with Crippen molar-refractivity contribution in [2.24, 2.45) is 0 Å². The number of rotatable bonds is 1. The van der Waals surface area contributed by atoms with Crippen LogP contribution in [0.15, 0.2) is 18.5 Å². The average molecular weight is 296 g/mol. The third-order valence-electron chi connectivity index (χ3n) is 4.52. The first-order valence-corrected chi connectivity index (χ1v) is 7.76. The quantitative estimate of drug-likeness (QED) is 0.805. The molecule has 0 aliphatic carbocycles. The molecule has 3 rings (SSSR count). The first kappa shape index (κ1) is 14.8. The van der Waals surface area contributed by atoms with Crippen molar-refractivity contribution in [2.75, 3.05) is 30.9 Å². The van der Waals surface area contributed by atoms with Crippen molar-refractivity contribution in [2.45, 2.75) is 33.1 Å². The second-order valence-corrected chi connectivity index (χ2v) is 6.57. The number of fused-ring (bicyclic) bond motifs is 2. The van der Waals surface area contributed by atoms with Gasteiger partial charge in [-0.2, -0.15) is 0 Å². The van der Waals surface area contributed by atoms with Crippen LogP contribution in [-0.4, -0.2) is 31.1 Å². The number of nitrogens with zero attached hydrogens (tertiary/aromatic N) is 4. The molecule has 1 atom stereocenters. The average Bonchev–Trinajstić information content (AvgIpc) is 2.54. The van der Waals surface area contributed by atoms with Gasteiger partial charge in [0.2, 0.25) is 0 Å². The van der Waals surface area contributed by atoms with E-state index in [1.807, 2.05) is 14.1 Å². The van der Waals surface area contributed by atoms with Gasteiger partial charge in [-0.05, 0) is 48.9 Å². The van der Waals surface area contributed by atoms with Gasteiger partial charge in [-0.15, -0.1) is 0 Å². The largest absolute Gasteiger partial charge is 0.362 e. The molecule has 0 saturated heterocycles. The maximum Gasteiger partial charge on any atom is 0.141 e. The van der Waals surface area contributed by atoms with Crippen molar-refractivity contribution >= 4 is 17.3 Å². The monoisotopic (exact) mass is 296 g/mol. The van der Waals surface area contributed by atoms with Crippen molar-refractivity contribution in [3.63, 3.8) is 0 Å². The van der Waals surface area contributed by atoms with Crippen LogP contribution in [-0.2, 0) is 6.42 Å². The van der Waals surface area contributed by atoms with E-state index in [2.05, 4.69) is 59.7 Å². The Morgan fingerprint density at radius 1 is 1.18 bits per heavy atom. The van der Waals surface area contributed by atoms with E-state index in [-0.39, 0.29) is 0 Å². The molecular weight excluding hydrogens is 272 g/mol. The summed E-state index contributed by atoms with van der Waals surface area (Å²) in [4.78, 5) is 13.4. The highest BCUT2D eigenvalue weighted by atomic mass is 15.2. The van der Waals surface area contributed by atoms with Gasteiger partial charge in [-0.25, -0.2) is 9.97 Å². The van der Waals surface area contributed by atoms with Crippen LogP contribution in [0.5, 0.6) is 0 Å². The fraction of sp³-hybridized carbons (Fsp3) is 0.444. The topological polar surface area (TPSA) is 32.3 Å². The highest BCUT2D eigenvalue weighted by Gasteiger charge is 2.27. The molecule has 0 saturated carbocycles. The van der Waals surface area contributed by atoms with Crippen LogP contribution in [0.4, 0.5) is 17.3 Å². The van der Waals surface area contributed by atoms with Gasteiger partial charge in [0.05, 0.1) is 0 Å². The summed E-state index contributed by atoms with van der Waals surface area (Å²) in [6.45, 7) is 6.67. The van der Waals surface area contributed by atoms with Crippen LogP contribution in [0.3, 0.4) is 0 Å². The number of anilines is 3. The zero-order valence-corrected chi connectivity index (χ0v) is 14.3. The van der Waals surface area contributed by atoms with Gasteiger partial charge in [0, 0.05) is 32.4 Å². The van der Waals surface area contributed by atoms with Crippen LogP contribution >= 0.6 is 0 Å². The summed E-state index contributed by atoms with van der Waals surface area (Å²) in [5, 5.41) is 0. The Hall–Kier alpha value is -2.10. The highest BCUT2D eigenvalue weighted by Crippen LogP contribution is 2.42. The lowest BCUT2D eigenvalue weighted by molar-refractivity contribution is 0.755. The minimum absolute atomic E-state index is 0.448. The summed E-state index contributed by atoms with van der Waals surface area (Å²) in [5.41, 5.74) is 6.58. The van der Waals surface area contributed by atoms with Crippen LogP contribution in [0, 0.1) is 13.8 Å². The smallest absolute Gasteiger partial charge is 0.141 e. The maximum absolute atomic E-state index is 4.58. The summed E-state index contributed by atoms with van der Waals surface area (Å²) >= 11 is 0. The fourth-order valence-electron chi connectivity index (χ4n) is 3.65. The van der Waals surface area contributed by atoms with Gasteiger partial charge in [0.15, 0.2) is 0 Å². The van der Waals surface area contributed by atoms with Crippen LogP contribution in [0.25, 0.3) is 0 Å². The van der Waals surface area contributed by atoms with Crippen molar-refractivity contribution in [3.05, 3.63) is 40.7 Å². The third kappa shape index (κ3) is 2.23. The molecule has 1 aromatic heterocycles. The number of aromatic nitrogens is 2. The van der Waals surface area contributed by atoms with E-state index in [0.717, 1.165) is 18.1 Å². The molecule has 2 aromatic rings. The van der Waals surface area contributed by atoms with Gasteiger partial charge in [-0.1, -0.05) is 13.0 Å². The summed E-state index contributed by atoms with van der Waals surface area (Å²) in [5.74, 6) is 2.49. The zero-order chi connectivity index (χ0) is 16.0. The summed E-state index contributed by atoms with van der Waals surface area (Å²) < 4.78 is 0. The van der Waals surface area contributed by atoms with E-state index in [4.69, 9.17) is 0 Å². The van der Waals surface area contributed by atoms with Gasteiger partial charge in [0.1, 0.15) is 18.0 Å². The Morgan fingerprint density at radius 3 is 2.59 bits per heavy atom. The highest BCUT2D eigenvalue weighted by molar-refractivity contribution is 5.73. The molecule has 4 nitrogen and oxygen atoms in total. The molecule has 1 aliphatic rings. The molecule has 2 heterocycles. The first-order chi connectivity index (χ1) is 10.4. The molecule has 1 aromatic carbocycles. The van der Waals surface area contributed by atoms with Crippen LogP contribution in [0.2, 0.25) is 0 Å². The normalized spacial score (nSPS) is 16.8. The van der Waals surface area contributed by atoms with Crippen molar-refractivity contribution < 1.29 is 0 Å². The van der Waals surface area contributed by atoms with Crippen LogP contribution in [0.1, 0.15) is 35.1 Å². The SMILES string of the molecule is Cc1cc(C)c2c(c1)N(C)c1ncnc(N(C)C)c1CC2C. The lowest BCUT2D eigenvalue weighted by Crippen LogP contribution is -2.18. The molecular formula is C18H24N4. The predicted molar refractivity (Wildman–Crippen MR) is 92.5 cm³/mol. The van der Waals surface area contributed by atoms with Gasteiger partial charge in [-0.3, -0.25) is 0 Å². The minimum atomic E-state index is 0.448. The zero-order valence-electron chi connectivity index (χ0n) is 14.3. The first-order valence-electron chi connectivity index (χ1n) is 7.76. The van der Waals surface area contributed by atoms with Crippen LogP contribution < -0.4 is 9.80 Å². The lowest BCUT2D eigenvalue weighted by Gasteiger charge is -2.24. The Morgan fingerprint density at radius 2 is 1.91 bits per heavy atom. The molecule has 4 heteroatoms. The molecule has 22 heavy (non-hydrogen) atoms. The number of hydrogen-bond donors (Lipinski definition) is 0. The van der Waals surface area contributed by atoms with Gasteiger partial charge < -0.3 is 9.80 Å². The summed E-state index contributed by atoms with van der Waals surface area (Å²) in [7, 11) is 6.20. The standard InChI is InChI=1S/C18H24N4/c1-11-7-12(2)16-13(3)9-14-17(21(4)5)19-10-20-18(14)22(6)15(16)8-11/h7-8,10,13H,9H2,1-6H3. The summed E-state index contributed by atoms with van der Waals surface area (Å²) in [6.07, 6.45) is 2.63. The molecule has 0 amide bonds. The Labute approximate surface area is 132 Å². The molecule has 0 spiro atoms. The minimum Gasteiger partial charge on any atom is -0.362 e. The van der Waals surface area contributed by atoms with Gasteiger partial charge >= 0.3 is 0 Å². The van der Waals surface area contributed by atoms with E-state index in [1.54, 1.807) is 6.33 Å². The number of benzene rings is 1. The Kier molecular flexibility index (Phi) is 3.55. The molecule has 0 radical (unpaired) electrons. The van der Waals surface area contributed by atoms with E-state index >= 15 is 0 Å². The number of aryl methyl sites for hydroxylation is 2. The molecule has 0 bridgehead atoms. The summed E-state index contributed by atoms with van der Waals surface area (Å²) in [6, 6.07) is 4.54. The molecule has 0 N–H and O–H groups in total. The second kappa shape index (κ2) is 5.27. The Bertz CT molecular complexity index is 721. The van der Waals surface area contributed by atoms with E-state index in [9.17, 15) is 0 Å². The predicted octanol–water partition coefficient (Wildman–Crippen LogP) is 3.59. The molecule has 116 valence electrons. The second-order valence-electron chi connectivity index (χ2n) is 6.57. The molecule has 1 aliphatic heterocycles. The lowest BCUT2D eigenvalue weighted by atomic mass is 9.90. The van der Waals surface area contributed by atoms with E-state index < -0.39 is 0 Å². The van der Waals surface area contributed by atoms with Crippen molar-refractivity contribution in [3.8, 4) is 0 Å². The molecule has 0 fully saturated rings. The maximum atomic E-state index is 4.58. The van der Waals surface area contributed by atoms with Crippen molar-refractivity contribution in [1.29, 1.82) is 0 Å². The Balaban J connectivity index is 2.27. The number of hydrogen-bond acceptors (Lipinski definition) is 4. The van der Waals surface area contributed by atoms with Gasteiger partial charge in [0.25, 0.3) is 0 Å². The fourth-order valence-corrected chi connectivity index (χ4v) is 3.65. The van der Waals surface area contributed by atoms with Crippen molar-refractivity contribution in [1.82, 2.24) is 9.97 Å². The third-order valence-corrected chi connectivity index (χ3v) is 4.52. The van der Waals surface area contributed by atoms with E-state index in [1.165, 1.54) is 27.9 Å². The molecule has 1 unspecified atom stereocenters. The van der Waals surface area contributed by atoms with E-state index in [0.29, 0.717) is 5.92 Å².